The Morgan fingerprint density at radius 1 is 1.07 bits per heavy atom. The first-order valence-corrected chi connectivity index (χ1v) is 9.40. The lowest BCUT2D eigenvalue weighted by molar-refractivity contribution is -0.288. The molecular weight excluding hydrogens is 407 g/mol. The van der Waals surface area contributed by atoms with Crippen LogP contribution in [0.2, 0.25) is 5.02 Å². The Labute approximate surface area is 177 Å². The molecule has 8 heteroatoms. The smallest absolute Gasteiger partial charge is 0.244 e. The number of ether oxygens (including phenoxy) is 2. The third-order valence-electron chi connectivity index (χ3n) is 6.05. The van der Waals surface area contributed by atoms with Gasteiger partial charge in [0.15, 0.2) is 5.41 Å². The molecular formula is C22H14ClFN4O2. The second kappa shape index (κ2) is 6.54. The molecule has 4 atom stereocenters. The van der Waals surface area contributed by atoms with Crippen LogP contribution in [0.1, 0.15) is 24.2 Å². The molecule has 2 saturated heterocycles. The van der Waals surface area contributed by atoms with E-state index in [-0.39, 0.29) is 5.56 Å². The predicted octanol–water partition coefficient (Wildman–Crippen LogP) is 4.59. The largest absolute Gasteiger partial charge is 0.443 e. The molecule has 0 aliphatic carbocycles. The van der Waals surface area contributed by atoms with Crippen LogP contribution in [0.5, 0.6) is 0 Å². The molecule has 2 bridgehead atoms. The van der Waals surface area contributed by atoms with Crippen molar-refractivity contribution in [2.45, 2.75) is 18.8 Å². The van der Waals surface area contributed by atoms with Gasteiger partial charge in [0.2, 0.25) is 17.1 Å². The van der Waals surface area contributed by atoms with Crippen LogP contribution in [0.4, 0.5) is 4.39 Å². The summed E-state index contributed by atoms with van der Waals surface area (Å²) in [6, 6.07) is 17.7. The van der Waals surface area contributed by atoms with Crippen molar-refractivity contribution in [1.82, 2.24) is 0 Å². The van der Waals surface area contributed by atoms with Gasteiger partial charge in [-0.15, -0.1) is 0 Å². The van der Waals surface area contributed by atoms with E-state index < -0.39 is 40.4 Å². The Kier molecular flexibility index (Phi) is 4.33. The summed E-state index contributed by atoms with van der Waals surface area (Å²) in [4.78, 5) is 0. The molecule has 2 fully saturated rings. The van der Waals surface area contributed by atoms with E-state index in [1.807, 2.05) is 18.2 Å². The monoisotopic (exact) mass is 420 g/mol. The fourth-order valence-electron chi connectivity index (χ4n) is 4.54. The minimum Gasteiger partial charge on any atom is -0.443 e. The van der Waals surface area contributed by atoms with Crippen LogP contribution in [0.15, 0.2) is 48.5 Å². The van der Waals surface area contributed by atoms with Crippen molar-refractivity contribution in [1.29, 1.82) is 21.2 Å². The first-order valence-electron chi connectivity index (χ1n) is 9.02. The Morgan fingerprint density at radius 3 is 2.37 bits per heavy atom. The highest BCUT2D eigenvalue weighted by Crippen LogP contribution is 2.69. The van der Waals surface area contributed by atoms with Crippen LogP contribution in [0.25, 0.3) is 0 Å². The fourth-order valence-corrected chi connectivity index (χ4v) is 4.73. The second-order valence-electron chi connectivity index (χ2n) is 7.34. The topological polar surface area (TPSA) is 114 Å². The van der Waals surface area contributed by atoms with Crippen LogP contribution in [0.3, 0.4) is 0 Å². The average Bonchev–Trinajstić information content (AvgIpc) is 2.90. The van der Waals surface area contributed by atoms with Crippen molar-refractivity contribution in [3.63, 3.8) is 0 Å². The molecule has 0 aromatic heterocycles. The molecule has 2 aromatic rings. The molecule has 2 aromatic carbocycles. The summed E-state index contributed by atoms with van der Waals surface area (Å²) in [5.74, 6) is -3.71. The molecule has 4 rings (SSSR count). The minimum absolute atomic E-state index is 0.189. The zero-order valence-electron chi connectivity index (χ0n) is 15.7. The number of halogens is 2. The van der Waals surface area contributed by atoms with Gasteiger partial charge in [0.25, 0.3) is 0 Å². The number of nitrogens with zero attached hydrogens (tertiary/aromatic N) is 3. The van der Waals surface area contributed by atoms with E-state index in [1.165, 1.54) is 18.2 Å². The first kappa shape index (κ1) is 19.9. The number of rotatable bonds is 2. The molecule has 2 aliphatic rings. The third kappa shape index (κ3) is 2.21. The first-order chi connectivity index (χ1) is 14.3. The lowest BCUT2D eigenvalue weighted by atomic mass is 9.53. The highest BCUT2D eigenvalue weighted by atomic mass is 35.5. The number of hydrogen-bond donors (Lipinski definition) is 1. The molecule has 4 unspecified atom stereocenters. The van der Waals surface area contributed by atoms with Gasteiger partial charge in [0, 0.05) is 10.6 Å². The van der Waals surface area contributed by atoms with Gasteiger partial charge in [-0.1, -0.05) is 42.8 Å². The summed E-state index contributed by atoms with van der Waals surface area (Å²) in [5.41, 5.74) is -3.48. The quantitative estimate of drug-likeness (QED) is 0.763. The highest BCUT2D eigenvalue weighted by molar-refractivity contribution is 6.30. The summed E-state index contributed by atoms with van der Waals surface area (Å²) in [7, 11) is 0. The van der Waals surface area contributed by atoms with Crippen molar-refractivity contribution >= 4 is 17.5 Å². The van der Waals surface area contributed by atoms with E-state index in [2.05, 4.69) is 0 Å². The van der Waals surface area contributed by atoms with Crippen LogP contribution in [-0.2, 0) is 15.3 Å². The van der Waals surface area contributed by atoms with Gasteiger partial charge in [0.05, 0.1) is 24.1 Å². The summed E-state index contributed by atoms with van der Waals surface area (Å²) < 4.78 is 26.1. The van der Waals surface area contributed by atoms with Gasteiger partial charge in [-0.25, -0.2) is 4.39 Å². The molecule has 30 heavy (non-hydrogen) atoms. The SMILES string of the molecule is CC1C2(c3cccc(Cl)c3)OC(=N)C1(C#N)C(C#N)(C#N)C(c1cccc(F)c1)O2. The molecule has 0 amide bonds. The molecule has 6 nitrogen and oxygen atoms in total. The zero-order valence-corrected chi connectivity index (χ0v) is 16.4. The standard InChI is InChI=1S/C22H14ClFN4O2/c1-13-21(12-27)19(28)30-22(13,15-5-3-6-16(23)9-15)29-18(20(21,10-25)11-26)14-4-2-7-17(24)8-14/h2-9,13,18,28H,1H3. The van der Waals surface area contributed by atoms with E-state index in [0.29, 0.717) is 10.6 Å². The van der Waals surface area contributed by atoms with E-state index in [1.54, 1.807) is 31.2 Å². The van der Waals surface area contributed by atoms with Crippen molar-refractivity contribution < 1.29 is 13.9 Å². The van der Waals surface area contributed by atoms with Gasteiger partial charge < -0.3 is 9.47 Å². The number of hydrogen-bond acceptors (Lipinski definition) is 6. The lowest BCUT2D eigenvalue weighted by Gasteiger charge is -2.48. The zero-order chi connectivity index (χ0) is 21.7. The van der Waals surface area contributed by atoms with Gasteiger partial charge in [0.1, 0.15) is 11.9 Å². The van der Waals surface area contributed by atoms with Gasteiger partial charge in [-0.3, -0.25) is 5.41 Å². The molecule has 0 spiro atoms. The average molecular weight is 421 g/mol. The maximum Gasteiger partial charge on any atom is 0.244 e. The van der Waals surface area contributed by atoms with Crippen molar-refractivity contribution in [2.75, 3.05) is 0 Å². The molecule has 0 radical (unpaired) electrons. The molecule has 2 aliphatic heterocycles. The minimum atomic E-state index is -2.15. The summed E-state index contributed by atoms with van der Waals surface area (Å²) in [6.45, 7) is 1.59. The molecule has 148 valence electrons. The van der Waals surface area contributed by atoms with Crippen molar-refractivity contribution in [3.05, 3.63) is 70.5 Å². The number of nitriles is 3. The Balaban J connectivity index is 2.06. The number of benzene rings is 2. The maximum absolute atomic E-state index is 14.0. The van der Waals surface area contributed by atoms with Gasteiger partial charge in [-0.2, -0.15) is 15.8 Å². The van der Waals surface area contributed by atoms with Crippen molar-refractivity contribution in [2.24, 2.45) is 16.7 Å². The van der Waals surface area contributed by atoms with Gasteiger partial charge in [-0.05, 0) is 29.8 Å². The Bertz CT molecular complexity index is 1180. The summed E-state index contributed by atoms with van der Waals surface area (Å²) >= 11 is 6.15. The Hall–Kier alpha value is -3.44. The molecule has 0 saturated carbocycles. The van der Waals surface area contributed by atoms with E-state index in [0.717, 1.165) is 6.07 Å². The number of fused-ring (bicyclic) bond motifs is 2. The van der Waals surface area contributed by atoms with E-state index in [9.17, 15) is 20.2 Å². The van der Waals surface area contributed by atoms with Crippen LogP contribution < -0.4 is 0 Å². The van der Waals surface area contributed by atoms with Crippen LogP contribution >= 0.6 is 11.6 Å². The lowest BCUT2D eigenvalue weighted by Crippen LogP contribution is -2.57. The van der Waals surface area contributed by atoms with E-state index >= 15 is 0 Å². The Morgan fingerprint density at radius 2 is 1.77 bits per heavy atom. The van der Waals surface area contributed by atoms with Crippen LogP contribution in [-0.4, -0.2) is 5.90 Å². The second-order valence-corrected chi connectivity index (χ2v) is 7.77. The van der Waals surface area contributed by atoms with Crippen molar-refractivity contribution in [3.8, 4) is 18.2 Å². The fraction of sp³-hybridized carbons (Fsp3) is 0.273. The van der Waals surface area contributed by atoms with Gasteiger partial charge >= 0.3 is 0 Å². The summed E-state index contributed by atoms with van der Waals surface area (Å²) in [5, 5.41) is 39.3. The highest BCUT2D eigenvalue weighted by Gasteiger charge is 2.79. The third-order valence-corrected chi connectivity index (χ3v) is 6.28. The van der Waals surface area contributed by atoms with E-state index in [4.69, 9.17) is 26.5 Å². The summed E-state index contributed by atoms with van der Waals surface area (Å²) in [6.07, 6.45) is -1.36. The predicted molar refractivity (Wildman–Crippen MR) is 103 cm³/mol. The molecule has 1 N–H and O–H groups in total. The maximum atomic E-state index is 14.0. The normalized spacial score (nSPS) is 31.1. The van der Waals surface area contributed by atoms with Crippen LogP contribution in [0, 0.1) is 62.0 Å². The number of nitrogens with one attached hydrogen (secondary N) is 1. The molecule has 2 heterocycles.